The molecule has 0 amide bonds. The van der Waals surface area contributed by atoms with Crippen LogP contribution in [-0.4, -0.2) is 8.80 Å². The number of benzene rings is 13. The molecular weight excluding hydrogens is 1050 g/mol. The number of para-hydroxylation sites is 6. The van der Waals surface area contributed by atoms with E-state index in [4.69, 9.17) is 8.83 Å². The van der Waals surface area contributed by atoms with Crippen molar-refractivity contribution >= 4 is 154 Å². The molecule has 0 aliphatic carbocycles. The summed E-state index contributed by atoms with van der Waals surface area (Å²) < 4.78 is 18.9. The maximum Gasteiger partial charge on any atom is 0.159 e. The van der Waals surface area contributed by atoms with E-state index < -0.39 is 0 Å². The molecule has 6 heteroatoms. The Bertz CT molecular complexity index is 5610. The molecule has 0 unspecified atom stereocenters. The third kappa shape index (κ3) is 6.34. The minimum Gasteiger partial charge on any atom is -0.454 e. The fraction of sp³-hybridized carbons (Fsp3) is 0.0250. The number of hydrogen-bond acceptors (Lipinski definition) is 4. The number of hydrogen-bond donors (Lipinski definition) is 0. The van der Waals surface area contributed by atoms with Crippen LogP contribution in [0.2, 0.25) is 0 Å². The van der Waals surface area contributed by atoms with Gasteiger partial charge in [0.2, 0.25) is 0 Å². The quantitative estimate of drug-likeness (QED) is 0.152. The highest BCUT2D eigenvalue weighted by Gasteiger charge is 2.32. The number of nitrogens with zero attached hydrogens (tertiary/aromatic N) is 4. The largest absolute Gasteiger partial charge is 0.454 e. The zero-order valence-electron chi connectivity index (χ0n) is 47.0. The Hall–Kier alpha value is -11.3. The van der Waals surface area contributed by atoms with Crippen LogP contribution in [0.15, 0.2) is 276 Å². The van der Waals surface area contributed by atoms with Crippen LogP contribution < -0.4 is 9.80 Å². The van der Waals surface area contributed by atoms with Crippen molar-refractivity contribution in [1.29, 1.82) is 0 Å². The SMILES string of the molecule is Cc1ccc2c(oc3ccccc32)c1N(c1ccccc1)c1ccc2c(c1)c1cccc3c4c(-c5ccccc5)c5c(c(-c6ccccc6)c4n2c13)c1cccc2c3cc(N(c4ccccc4)c4c(C)ccc6c4oc4ccccc46)ccc3n5c21. The fourth-order valence-corrected chi connectivity index (χ4v) is 15.0. The van der Waals surface area contributed by atoms with Crippen molar-refractivity contribution < 1.29 is 8.83 Å². The van der Waals surface area contributed by atoms with Crippen LogP contribution in [-0.2, 0) is 0 Å². The van der Waals surface area contributed by atoms with Gasteiger partial charge in [-0.2, -0.15) is 0 Å². The lowest BCUT2D eigenvalue weighted by Crippen LogP contribution is -2.11. The maximum absolute atomic E-state index is 6.84. The summed E-state index contributed by atoms with van der Waals surface area (Å²) in [5.74, 6) is 0. The Kier molecular flexibility index (Phi) is 9.65. The Morgan fingerprint density at radius 3 is 1.08 bits per heavy atom. The van der Waals surface area contributed by atoms with Crippen LogP contribution in [0.25, 0.3) is 142 Å². The van der Waals surface area contributed by atoms with Gasteiger partial charge in [0.15, 0.2) is 11.2 Å². The summed E-state index contributed by atoms with van der Waals surface area (Å²) in [5, 5.41) is 14.1. The molecule has 0 N–H and O–H groups in total. The highest BCUT2D eigenvalue weighted by Crippen LogP contribution is 2.56. The van der Waals surface area contributed by atoms with Gasteiger partial charge in [-0.1, -0.05) is 194 Å². The van der Waals surface area contributed by atoms with Crippen molar-refractivity contribution in [2.75, 3.05) is 9.80 Å². The number of anilines is 6. The Morgan fingerprint density at radius 2 is 0.651 bits per heavy atom. The summed E-state index contributed by atoms with van der Waals surface area (Å²) in [6, 6.07) is 97.5. The summed E-state index contributed by atoms with van der Waals surface area (Å²) in [4.78, 5) is 4.79. The first-order chi connectivity index (χ1) is 42.6. The van der Waals surface area contributed by atoms with Crippen molar-refractivity contribution in [3.05, 3.63) is 278 Å². The number of aromatic nitrogens is 2. The molecule has 19 rings (SSSR count). The maximum atomic E-state index is 6.84. The molecule has 0 saturated carbocycles. The van der Waals surface area contributed by atoms with Crippen molar-refractivity contribution in [3.8, 4) is 22.3 Å². The summed E-state index contributed by atoms with van der Waals surface area (Å²) in [6.07, 6.45) is 0. The predicted molar refractivity (Wildman–Crippen MR) is 360 cm³/mol. The van der Waals surface area contributed by atoms with Gasteiger partial charge >= 0.3 is 0 Å². The van der Waals surface area contributed by atoms with Crippen LogP contribution in [0.3, 0.4) is 0 Å². The highest BCUT2D eigenvalue weighted by molar-refractivity contribution is 6.38. The van der Waals surface area contributed by atoms with Crippen LogP contribution >= 0.6 is 0 Å². The van der Waals surface area contributed by atoms with Gasteiger partial charge in [-0.25, -0.2) is 0 Å². The number of fused-ring (bicyclic) bond motifs is 18. The normalized spacial score (nSPS) is 12.3. The standard InChI is InChI=1S/C80H50N4O2/c1-47-37-41-59-55-29-15-17-35-67(55)85-79(59)73(47)81(51-25-11-5-12-26-51)53-39-43-65-63(45-53)57-31-19-33-61-71-70(50-23-9-4-10-24-50)78-72(69(49-21-7-3-8-22-49)77(71)83(65)75(57)61)62-34-20-32-58-64-46-54(40-44-66(64)84(78)76(58)62)82(52-27-13-6-14-28-52)74-48(2)38-42-60-56-30-16-18-36-68(56)86-80(60)74/h3-46H,1-2H3. The van der Waals surface area contributed by atoms with E-state index in [0.717, 1.165) is 100 Å². The number of rotatable bonds is 8. The highest BCUT2D eigenvalue weighted by atomic mass is 16.3. The van der Waals surface area contributed by atoms with Gasteiger partial charge in [0.1, 0.15) is 11.2 Å². The monoisotopic (exact) mass is 1100 g/mol. The predicted octanol–water partition coefficient (Wildman–Crippen LogP) is 22.7. The first-order valence-corrected chi connectivity index (χ1v) is 29.6. The molecule has 402 valence electrons. The molecule has 19 aromatic rings. The van der Waals surface area contributed by atoms with E-state index in [2.05, 4.69) is 299 Å². The van der Waals surface area contributed by atoms with Crippen LogP contribution in [0.4, 0.5) is 34.1 Å². The number of furan rings is 2. The molecule has 0 spiro atoms. The molecule has 6 heterocycles. The summed E-state index contributed by atoms with van der Waals surface area (Å²) in [6.45, 7) is 4.39. The lowest BCUT2D eigenvalue weighted by Gasteiger charge is -2.27. The van der Waals surface area contributed by atoms with E-state index in [1.807, 2.05) is 0 Å². The Balaban J connectivity index is 0.913. The minimum absolute atomic E-state index is 0.874. The Labute approximate surface area is 493 Å². The van der Waals surface area contributed by atoms with Gasteiger partial charge in [-0.05, 0) is 109 Å². The number of aryl methyl sites for hydroxylation is 2. The smallest absolute Gasteiger partial charge is 0.159 e. The molecule has 0 radical (unpaired) electrons. The molecule has 86 heavy (non-hydrogen) atoms. The van der Waals surface area contributed by atoms with E-state index in [0.29, 0.717) is 0 Å². The van der Waals surface area contributed by atoms with Gasteiger partial charge in [-0.3, -0.25) is 0 Å². The van der Waals surface area contributed by atoms with E-state index in [-0.39, 0.29) is 0 Å². The first kappa shape index (κ1) is 47.2. The van der Waals surface area contributed by atoms with Crippen molar-refractivity contribution in [1.82, 2.24) is 8.80 Å². The van der Waals surface area contributed by atoms with E-state index in [1.165, 1.54) is 87.4 Å². The third-order valence-corrected chi connectivity index (χ3v) is 18.5. The second-order valence-corrected chi connectivity index (χ2v) is 23.2. The molecule has 6 nitrogen and oxygen atoms in total. The zero-order chi connectivity index (χ0) is 56.5. The van der Waals surface area contributed by atoms with Crippen molar-refractivity contribution in [2.45, 2.75) is 13.8 Å². The lowest BCUT2D eigenvalue weighted by atomic mass is 9.89. The average molecular weight is 1100 g/mol. The second kappa shape index (κ2) is 17.6. The van der Waals surface area contributed by atoms with Crippen LogP contribution in [0.1, 0.15) is 11.1 Å². The fourth-order valence-electron chi connectivity index (χ4n) is 15.0. The van der Waals surface area contributed by atoms with Gasteiger partial charge in [0.25, 0.3) is 0 Å². The second-order valence-electron chi connectivity index (χ2n) is 23.2. The molecule has 0 saturated heterocycles. The summed E-state index contributed by atoms with van der Waals surface area (Å²) in [5.41, 5.74) is 24.0. The van der Waals surface area contributed by atoms with Crippen LogP contribution in [0.5, 0.6) is 0 Å². The van der Waals surface area contributed by atoms with Crippen molar-refractivity contribution in [2.24, 2.45) is 0 Å². The topological polar surface area (TPSA) is 41.6 Å². The molecule has 0 fully saturated rings. The van der Waals surface area contributed by atoms with E-state index >= 15 is 0 Å². The molecule has 13 aromatic carbocycles. The van der Waals surface area contributed by atoms with Gasteiger partial charge in [0, 0.05) is 98.5 Å². The summed E-state index contributed by atoms with van der Waals surface area (Å²) in [7, 11) is 0. The average Bonchev–Trinajstić information content (AvgIpc) is 1.75. The molecular formula is C80H50N4O2. The van der Waals surface area contributed by atoms with Crippen LogP contribution in [0, 0.1) is 13.8 Å². The molecule has 6 aromatic heterocycles. The van der Waals surface area contributed by atoms with Crippen molar-refractivity contribution in [3.63, 3.8) is 0 Å². The zero-order valence-corrected chi connectivity index (χ0v) is 47.0. The molecule has 0 aliphatic rings. The van der Waals surface area contributed by atoms with Gasteiger partial charge in [-0.15, -0.1) is 0 Å². The minimum atomic E-state index is 0.874. The van der Waals surface area contributed by atoms with E-state index in [1.54, 1.807) is 0 Å². The Morgan fingerprint density at radius 1 is 0.279 bits per heavy atom. The van der Waals surface area contributed by atoms with Gasteiger partial charge in [0.05, 0.1) is 44.5 Å². The van der Waals surface area contributed by atoms with E-state index in [9.17, 15) is 0 Å². The first-order valence-electron chi connectivity index (χ1n) is 29.6. The molecule has 0 atom stereocenters. The summed E-state index contributed by atoms with van der Waals surface area (Å²) >= 11 is 0. The molecule has 0 bridgehead atoms. The molecule has 0 aliphatic heterocycles. The lowest BCUT2D eigenvalue weighted by molar-refractivity contribution is 0.668. The van der Waals surface area contributed by atoms with Gasteiger partial charge < -0.3 is 27.4 Å². The third-order valence-electron chi connectivity index (χ3n) is 18.5.